The number of hydrogen-bond donors (Lipinski definition) is 0. The van der Waals surface area contributed by atoms with Crippen LogP contribution in [0.25, 0.3) is 0 Å². The van der Waals surface area contributed by atoms with Crippen molar-refractivity contribution in [2.75, 3.05) is 0 Å². The maximum Gasteiger partial charge on any atom is 0.284 e. The van der Waals surface area contributed by atoms with E-state index in [0.717, 1.165) is 5.89 Å². The molecule has 4 heteroatoms. The summed E-state index contributed by atoms with van der Waals surface area (Å²) in [4.78, 5) is 0.491. The molecule has 0 radical (unpaired) electrons. The van der Waals surface area contributed by atoms with Gasteiger partial charge in [-0.3, -0.25) is 0 Å². The Morgan fingerprint density at radius 2 is 2.23 bits per heavy atom. The van der Waals surface area contributed by atoms with E-state index >= 15 is 0 Å². The Bertz CT molecular complexity index is 308. The molecule has 1 unspecified atom stereocenters. The largest absolute Gasteiger partial charge is 0.415 e. The van der Waals surface area contributed by atoms with Gasteiger partial charge in [0.25, 0.3) is 4.80 Å². The molecule has 0 spiro atoms. The van der Waals surface area contributed by atoms with Crippen molar-refractivity contribution < 1.29 is 4.42 Å². The van der Waals surface area contributed by atoms with E-state index in [2.05, 4.69) is 40.0 Å². The van der Waals surface area contributed by atoms with E-state index in [0.29, 0.717) is 16.1 Å². The topological polar surface area (TPSA) is 38.9 Å². The Kier molecular flexibility index (Phi) is 2.18. The van der Waals surface area contributed by atoms with Crippen LogP contribution < -0.4 is 0 Å². The van der Waals surface area contributed by atoms with Gasteiger partial charge in [-0.05, 0) is 18.3 Å². The first-order valence-electron chi connectivity index (χ1n) is 4.58. The Morgan fingerprint density at radius 3 is 2.69 bits per heavy atom. The van der Waals surface area contributed by atoms with Crippen molar-refractivity contribution in [2.45, 2.75) is 39.0 Å². The molecule has 0 amide bonds. The van der Waals surface area contributed by atoms with Gasteiger partial charge in [0.2, 0.25) is 5.89 Å². The Hall–Kier alpha value is -0.380. The second-order valence-corrected chi connectivity index (χ2v) is 5.01. The number of rotatable bonds is 1. The Balaban J connectivity index is 2.26. The van der Waals surface area contributed by atoms with Crippen LogP contribution in [0.15, 0.2) is 9.22 Å². The highest BCUT2D eigenvalue weighted by atomic mass is 79.9. The third-order valence-corrected chi connectivity index (χ3v) is 3.29. The molecule has 1 saturated carbocycles. The first-order chi connectivity index (χ1) is 6.09. The molecule has 2 rings (SSSR count). The van der Waals surface area contributed by atoms with Crippen molar-refractivity contribution in [3.05, 3.63) is 10.7 Å². The second-order valence-electron chi connectivity index (χ2n) is 4.33. The fourth-order valence-electron chi connectivity index (χ4n) is 2.14. The fourth-order valence-corrected chi connectivity index (χ4v) is 2.39. The van der Waals surface area contributed by atoms with Crippen LogP contribution in [-0.2, 0) is 0 Å². The lowest BCUT2D eigenvalue weighted by atomic mass is 9.82. The molecule has 0 bridgehead atoms. The lowest BCUT2D eigenvalue weighted by molar-refractivity contribution is 0.283. The van der Waals surface area contributed by atoms with Gasteiger partial charge in [-0.15, -0.1) is 10.2 Å². The number of halogens is 1. The molecule has 1 atom stereocenters. The van der Waals surface area contributed by atoms with Crippen LogP contribution in [-0.4, -0.2) is 10.2 Å². The normalized spacial score (nSPS) is 26.5. The first-order valence-corrected chi connectivity index (χ1v) is 5.38. The van der Waals surface area contributed by atoms with E-state index in [1.54, 1.807) is 0 Å². The standard InChI is InChI=1S/C9H13BrN2O/c1-9(2)5-3-4-6(9)7-11-12-8(10)13-7/h6H,3-5H2,1-2H3. The van der Waals surface area contributed by atoms with Crippen molar-refractivity contribution in [3.63, 3.8) is 0 Å². The molecule has 72 valence electrons. The van der Waals surface area contributed by atoms with Gasteiger partial charge < -0.3 is 4.42 Å². The minimum absolute atomic E-state index is 0.311. The predicted octanol–water partition coefficient (Wildman–Crippen LogP) is 3.13. The summed E-state index contributed by atoms with van der Waals surface area (Å²) < 4.78 is 5.40. The van der Waals surface area contributed by atoms with Crippen LogP contribution in [0.1, 0.15) is 44.9 Å². The van der Waals surface area contributed by atoms with Gasteiger partial charge in [0.15, 0.2) is 0 Å². The molecule has 0 N–H and O–H groups in total. The quantitative estimate of drug-likeness (QED) is 0.762. The van der Waals surface area contributed by atoms with Crippen LogP contribution in [0.4, 0.5) is 0 Å². The van der Waals surface area contributed by atoms with E-state index in [4.69, 9.17) is 4.42 Å². The molecular weight excluding hydrogens is 232 g/mol. The van der Waals surface area contributed by atoms with E-state index < -0.39 is 0 Å². The zero-order valence-corrected chi connectivity index (χ0v) is 9.47. The van der Waals surface area contributed by atoms with Gasteiger partial charge >= 0.3 is 0 Å². The zero-order valence-electron chi connectivity index (χ0n) is 7.88. The van der Waals surface area contributed by atoms with Crippen molar-refractivity contribution in [2.24, 2.45) is 5.41 Å². The molecular formula is C9H13BrN2O. The molecule has 1 aromatic heterocycles. The monoisotopic (exact) mass is 244 g/mol. The van der Waals surface area contributed by atoms with Gasteiger partial charge in [-0.1, -0.05) is 20.3 Å². The molecule has 1 fully saturated rings. The number of aromatic nitrogens is 2. The molecule has 13 heavy (non-hydrogen) atoms. The third kappa shape index (κ3) is 1.64. The molecule has 0 saturated heterocycles. The summed E-state index contributed by atoms with van der Waals surface area (Å²) in [6.07, 6.45) is 3.68. The average molecular weight is 245 g/mol. The summed E-state index contributed by atoms with van der Waals surface area (Å²) in [6.45, 7) is 4.53. The van der Waals surface area contributed by atoms with Crippen molar-refractivity contribution in [3.8, 4) is 0 Å². The zero-order chi connectivity index (χ0) is 9.47. The van der Waals surface area contributed by atoms with Crippen LogP contribution in [0.3, 0.4) is 0 Å². The highest BCUT2D eigenvalue weighted by Gasteiger charge is 2.38. The highest BCUT2D eigenvalue weighted by molar-refractivity contribution is 9.10. The number of hydrogen-bond acceptors (Lipinski definition) is 3. The summed E-state index contributed by atoms with van der Waals surface area (Å²) in [7, 11) is 0. The van der Waals surface area contributed by atoms with Crippen LogP contribution in [0.5, 0.6) is 0 Å². The summed E-state index contributed by atoms with van der Waals surface area (Å²) in [5.41, 5.74) is 0.311. The van der Waals surface area contributed by atoms with Gasteiger partial charge in [0.1, 0.15) is 0 Å². The SMILES string of the molecule is CC1(C)CCCC1c1nnc(Br)o1. The lowest BCUT2D eigenvalue weighted by Gasteiger charge is -2.23. The summed E-state index contributed by atoms with van der Waals surface area (Å²) in [5.74, 6) is 1.22. The van der Waals surface area contributed by atoms with Crippen LogP contribution in [0, 0.1) is 5.41 Å². The summed E-state index contributed by atoms with van der Waals surface area (Å²) in [5, 5.41) is 7.86. The fraction of sp³-hybridized carbons (Fsp3) is 0.778. The minimum Gasteiger partial charge on any atom is -0.415 e. The van der Waals surface area contributed by atoms with E-state index in [1.165, 1.54) is 19.3 Å². The molecule has 1 aliphatic rings. The third-order valence-electron chi connectivity index (χ3n) is 2.97. The van der Waals surface area contributed by atoms with Gasteiger partial charge in [-0.25, -0.2) is 0 Å². The molecule has 1 heterocycles. The van der Waals surface area contributed by atoms with Crippen molar-refractivity contribution >= 4 is 15.9 Å². The average Bonchev–Trinajstić information content (AvgIpc) is 2.56. The molecule has 1 aliphatic carbocycles. The van der Waals surface area contributed by atoms with E-state index in [1.807, 2.05) is 0 Å². The van der Waals surface area contributed by atoms with E-state index in [9.17, 15) is 0 Å². The Labute approximate surface area is 86.0 Å². The minimum atomic E-state index is 0.311. The predicted molar refractivity (Wildman–Crippen MR) is 52.4 cm³/mol. The second kappa shape index (κ2) is 3.08. The highest BCUT2D eigenvalue weighted by Crippen LogP contribution is 2.48. The number of nitrogens with zero attached hydrogens (tertiary/aromatic N) is 2. The first kappa shape index (κ1) is 9.19. The van der Waals surface area contributed by atoms with Gasteiger partial charge in [0, 0.05) is 21.8 Å². The van der Waals surface area contributed by atoms with E-state index in [-0.39, 0.29) is 0 Å². The van der Waals surface area contributed by atoms with Crippen LogP contribution >= 0.6 is 15.9 Å². The van der Waals surface area contributed by atoms with Crippen molar-refractivity contribution in [1.82, 2.24) is 10.2 Å². The molecule has 0 aromatic carbocycles. The summed E-state index contributed by atoms with van der Waals surface area (Å²) >= 11 is 3.18. The molecule has 1 aromatic rings. The maximum absolute atomic E-state index is 5.40. The molecule has 0 aliphatic heterocycles. The van der Waals surface area contributed by atoms with Gasteiger partial charge in [0.05, 0.1) is 0 Å². The molecule has 3 nitrogen and oxygen atoms in total. The Morgan fingerprint density at radius 1 is 1.46 bits per heavy atom. The smallest absolute Gasteiger partial charge is 0.284 e. The van der Waals surface area contributed by atoms with Gasteiger partial charge in [-0.2, -0.15) is 0 Å². The maximum atomic E-state index is 5.40. The summed E-state index contributed by atoms with van der Waals surface area (Å²) in [6, 6.07) is 0. The lowest BCUT2D eigenvalue weighted by Crippen LogP contribution is -2.15. The van der Waals surface area contributed by atoms with Crippen molar-refractivity contribution in [1.29, 1.82) is 0 Å². The van der Waals surface area contributed by atoms with Crippen LogP contribution in [0.2, 0.25) is 0 Å².